The average Bonchev–Trinajstić information content (AvgIpc) is 2.69. The fraction of sp³-hybridized carbons (Fsp3) is 0.368. The highest BCUT2D eigenvalue weighted by Gasteiger charge is 2.22. The van der Waals surface area contributed by atoms with Gasteiger partial charge in [-0.15, -0.1) is 0 Å². The number of hydrogen-bond donors (Lipinski definition) is 1. The molecule has 1 aromatic heterocycles. The molecule has 0 fully saturated rings. The number of methoxy groups -OCH3 is 2. The number of hydrogen-bond acceptors (Lipinski definition) is 7. The second-order valence-corrected chi connectivity index (χ2v) is 6.14. The Hall–Kier alpha value is -2.55. The number of rotatable bonds is 11. The third-order valence-electron chi connectivity index (χ3n) is 3.71. The van der Waals surface area contributed by atoms with Crippen molar-refractivity contribution in [2.75, 3.05) is 27.4 Å². The van der Waals surface area contributed by atoms with Crippen molar-refractivity contribution >= 4 is 23.3 Å². The molecular formula is C19H22ClN3O5. The summed E-state index contributed by atoms with van der Waals surface area (Å²) in [5.41, 5.74) is 0.797. The van der Waals surface area contributed by atoms with Gasteiger partial charge in [0.25, 0.3) is 12.2 Å². The summed E-state index contributed by atoms with van der Waals surface area (Å²) in [5, 5.41) is 2.95. The predicted octanol–water partition coefficient (Wildman–Crippen LogP) is 2.06. The van der Waals surface area contributed by atoms with Crippen molar-refractivity contribution in [2.45, 2.75) is 19.1 Å². The molecule has 0 aliphatic carbocycles. The molecule has 1 aromatic carbocycles. The lowest BCUT2D eigenvalue weighted by atomic mass is 10.1. The normalized spacial score (nSPS) is 11.7. The van der Waals surface area contributed by atoms with E-state index in [9.17, 15) is 9.59 Å². The van der Waals surface area contributed by atoms with Crippen molar-refractivity contribution in [2.24, 2.45) is 0 Å². The molecule has 2 aromatic rings. The highest BCUT2D eigenvalue weighted by atomic mass is 35.5. The lowest BCUT2D eigenvalue weighted by Crippen LogP contribution is -2.40. The zero-order chi connectivity index (χ0) is 20.4. The number of halogens is 1. The lowest BCUT2D eigenvalue weighted by Gasteiger charge is -2.18. The van der Waals surface area contributed by atoms with Gasteiger partial charge >= 0.3 is 0 Å². The molecule has 0 saturated carbocycles. The highest BCUT2D eigenvalue weighted by molar-refractivity contribution is 6.29. The Balaban J connectivity index is 2.07. The molecule has 9 heteroatoms. The van der Waals surface area contributed by atoms with Gasteiger partial charge in [0.1, 0.15) is 17.2 Å². The minimum atomic E-state index is -1.19. The Kier molecular flexibility index (Phi) is 8.80. The molecule has 0 bridgehead atoms. The number of para-hydroxylation sites is 1. The second kappa shape index (κ2) is 11.3. The van der Waals surface area contributed by atoms with E-state index in [-0.39, 0.29) is 23.1 Å². The fourth-order valence-corrected chi connectivity index (χ4v) is 2.53. The number of benzene rings is 1. The Bertz CT molecular complexity index is 803. The van der Waals surface area contributed by atoms with Crippen LogP contribution in [0.2, 0.25) is 5.15 Å². The van der Waals surface area contributed by atoms with E-state index >= 15 is 0 Å². The molecular weight excluding hydrogens is 386 g/mol. The van der Waals surface area contributed by atoms with Gasteiger partial charge in [-0.05, 0) is 24.6 Å². The molecule has 0 saturated heterocycles. The summed E-state index contributed by atoms with van der Waals surface area (Å²) in [6, 6.07) is 8.15. The Morgan fingerprint density at radius 3 is 2.71 bits per heavy atom. The van der Waals surface area contributed by atoms with Crippen LogP contribution in [0.15, 0.2) is 36.7 Å². The lowest BCUT2D eigenvalue weighted by molar-refractivity contribution is -0.148. The molecule has 0 aliphatic heterocycles. The van der Waals surface area contributed by atoms with Crippen LogP contribution in [0.5, 0.6) is 5.75 Å². The van der Waals surface area contributed by atoms with Crippen LogP contribution in [0.3, 0.4) is 0 Å². The first-order valence-corrected chi connectivity index (χ1v) is 8.97. The molecule has 28 heavy (non-hydrogen) atoms. The fourth-order valence-electron chi connectivity index (χ4n) is 2.36. The van der Waals surface area contributed by atoms with Gasteiger partial charge in [-0.1, -0.05) is 23.7 Å². The van der Waals surface area contributed by atoms with Gasteiger partial charge in [-0.3, -0.25) is 9.59 Å². The summed E-state index contributed by atoms with van der Waals surface area (Å²) in [7, 11) is 2.94. The minimum absolute atomic E-state index is 0.0173. The maximum atomic E-state index is 12.7. The minimum Gasteiger partial charge on any atom is -0.455 e. The van der Waals surface area contributed by atoms with Crippen molar-refractivity contribution < 1.29 is 23.8 Å². The Morgan fingerprint density at radius 1 is 1.21 bits per heavy atom. The van der Waals surface area contributed by atoms with Gasteiger partial charge in [0.2, 0.25) is 0 Å². The number of carbonyl (C=O) groups is 2. The molecule has 8 nitrogen and oxygen atoms in total. The first-order valence-electron chi connectivity index (χ1n) is 8.60. The van der Waals surface area contributed by atoms with Crippen molar-refractivity contribution in [1.29, 1.82) is 0 Å². The van der Waals surface area contributed by atoms with Gasteiger partial charge in [-0.25, -0.2) is 9.97 Å². The van der Waals surface area contributed by atoms with Crippen LogP contribution in [-0.2, 0) is 20.7 Å². The van der Waals surface area contributed by atoms with Crippen LogP contribution in [0.1, 0.15) is 22.5 Å². The molecule has 150 valence electrons. The van der Waals surface area contributed by atoms with Crippen LogP contribution < -0.4 is 10.1 Å². The third kappa shape index (κ3) is 6.56. The third-order valence-corrected chi connectivity index (χ3v) is 3.91. The van der Waals surface area contributed by atoms with Gasteiger partial charge in [0.05, 0.1) is 17.7 Å². The quantitative estimate of drug-likeness (QED) is 0.263. The van der Waals surface area contributed by atoms with E-state index in [1.807, 2.05) is 0 Å². The molecule has 0 radical (unpaired) electrons. The maximum absolute atomic E-state index is 12.7. The van der Waals surface area contributed by atoms with E-state index in [1.165, 1.54) is 19.5 Å². The number of nitrogens with zero attached hydrogens (tertiary/aromatic N) is 2. The smallest absolute Gasteiger partial charge is 0.289 e. The monoisotopic (exact) mass is 407 g/mol. The van der Waals surface area contributed by atoms with Gasteiger partial charge in [-0.2, -0.15) is 0 Å². The van der Waals surface area contributed by atoms with Crippen LogP contribution >= 0.6 is 11.6 Å². The molecule has 0 aliphatic rings. The number of ether oxygens (including phenoxy) is 3. The van der Waals surface area contributed by atoms with Crippen molar-refractivity contribution in [3.8, 4) is 5.75 Å². The number of aromatic nitrogens is 2. The molecule has 2 rings (SSSR count). The topological polar surface area (TPSA) is 99.6 Å². The number of Topliss-reactive ketones (excluding diaryl/α,β-unsaturated/α-hetero) is 1. The standard InChI is InChI=1S/C19H22ClN3O5/c1-26-9-5-8-21-18(25)19(27-2)28-16-7-4-3-6-14(16)15(24)10-13-11-17(20)23-12-22-13/h3-4,6-7,11-12,19H,5,8-10H2,1-2H3,(H,21,25). The van der Waals surface area contributed by atoms with Crippen LogP contribution in [0.25, 0.3) is 0 Å². The first-order chi connectivity index (χ1) is 13.5. The summed E-state index contributed by atoms with van der Waals surface area (Å²) in [4.78, 5) is 32.7. The zero-order valence-corrected chi connectivity index (χ0v) is 16.4. The van der Waals surface area contributed by atoms with E-state index < -0.39 is 12.2 Å². The number of ketones is 1. The number of amides is 1. The van der Waals surface area contributed by atoms with E-state index in [0.29, 0.717) is 30.8 Å². The average molecular weight is 408 g/mol. The Morgan fingerprint density at radius 2 is 2.00 bits per heavy atom. The molecule has 1 amide bonds. The van der Waals surface area contributed by atoms with E-state index in [0.717, 1.165) is 0 Å². The van der Waals surface area contributed by atoms with Crippen LogP contribution in [-0.4, -0.2) is 55.3 Å². The number of nitrogens with one attached hydrogen (secondary N) is 1. The van der Waals surface area contributed by atoms with Gasteiger partial charge in [0.15, 0.2) is 5.78 Å². The Labute approximate surface area is 168 Å². The highest BCUT2D eigenvalue weighted by Crippen LogP contribution is 2.22. The summed E-state index contributed by atoms with van der Waals surface area (Å²) in [6.07, 6.45) is 0.783. The van der Waals surface area contributed by atoms with Crippen LogP contribution in [0, 0.1) is 0 Å². The van der Waals surface area contributed by atoms with Crippen molar-refractivity contribution in [3.63, 3.8) is 0 Å². The zero-order valence-electron chi connectivity index (χ0n) is 15.7. The van der Waals surface area contributed by atoms with Crippen molar-refractivity contribution in [1.82, 2.24) is 15.3 Å². The summed E-state index contributed by atoms with van der Waals surface area (Å²) in [5.74, 6) is -0.435. The first kappa shape index (κ1) is 21.7. The predicted molar refractivity (Wildman–Crippen MR) is 102 cm³/mol. The largest absolute Gasteiger partial charge is 0.455 e. The molecule has 1 heterocycles. The number of carbonyl (C=O) groups excluding carboxylic acids is 2. The molecule has 1 atom stereocenters. The van der Waals surface area contributed by atoms with E-state index in [1.54, 1.807) is 31.4 Å². The summed E-state index contributed by atoms with van der Waals surface area (Å²) >= 11 is 5.83. The second-order valence-electron chi connectivity index (χ2n) is 5.75. The van der Waals surface area contributed by atoms with Gasteiger partial charge < -0.3 is 19.5 Å². The van der Waals surface area contributed by atoms with Gasteiger partial charge in [0, 0.05) is 27.4 Å². The summed E-state index contributed by atoms with van der Waals surface area (Å²) in [6.45, 7) is 0.953. The van der Waals surface area contributed by atoms with E-state index in [4.69, 9.17) is 25.8 Å². The molecule has 0 spiro atoms. The SMILES string of the molecule is COCCCNC(=O)C(OC)Oc1ccccc1C(=O)Cc1cc(Cl)ncn1. The maximum Gasteiger partial charge on any atom is 0.289 e. The molecule has 1 unspecified atom stereocenters. The summed E-state index contributed by atoms with van der Waals surface area (Å²) < 4.78 is 15.7. The van der Waals surface area contributed by atoms with Crippen LogP contribution in [0.4, 0.5) is 0 Å². The van der Waals surface area contributed by atoms with Crippen molar-refractivity contribution in [3.05, 3.63) is 53.1 Å². The molecule has 1 N–H and O–H groups in total. The van der Waals surface area contributed by atoms with E-state index in [2.05, 4.69) is 15.3 Å².